The number of phenols is 1. The molecule has 1 aliphatic rings. The summed E-state index contributed by atoms with van der Waals surface area (Å²) in [6, 6.07) is 5.35. The Bertz CT molecular complexity index is 428. The van der Waals surface area contributed by atoms with Gasteiger partial charge in [0.25, 0.3) is 5.91 Å². The van der Waals surface area contributed by atoms with Crippen LogP contribution in [0.1, 0.15) is 42.1 Å². The van der Waals surface area contributed by atoms with Gasteiger partial charge >= 0.3 is 0 Å². The van der Waals surface area contributed by atoms with Crippen LogP contribution in [0.4, 0.5) is 0 Å². The molecule has 0 bridgehead atoms. The second-order valence-electron chi connectivity index (χ2n) is 5.01. The van der Waals surface area contributed by atoms with Crippen LogP contribution in [0.2, 0.25) is 0 Å². The molecular weight excluding hydrogens is 214 g/mol. The lowest BCUT2D eigenvalue weighted by Gasteiger charge is -2.17. The average Bonchev–Trinajstić information content (AvgIpc) is 2.68. The predicted octanol–water partition coefficient (Wildman–Crippen LogP) is 2.62. The Labute approximate surface area is 102 Å². The Morgan fingerprint density at radius 2 is 2.18 bits per heavy atom. The van der Waals surface area contributed by atoms with Gasteiger partial charge in [-0.05, 0) is 37.8 Å². The minimum Gasteiger partial charge on any atom is -0.507 e. The molecule has 2 atom stereocenters. The van der Waals surface area contributed by atoms with Gasteiger partial charge in [0.05, 0.1) is 5.56 Å². The molecule has 0 saturated heterocycles. The van der Waals surface area contributed by atoms with E-state index in [0.29, 0.717) is 11.5 Å². The highest BCUT2D eigenvalue weighted by Gasteiger charge is 2.25. The van der Waals surface area contributed by atoms with Crippen molar-refractivity contribution >= 4 is 5.91 Å². The fourth-order valence-electron chi connectivity index (χ4n) is 2.44. The molecule has 0 aromatic heterocycles. The SMILES string of the molecule is Cc1ccc(O)c(C(=O)NC2CCCC2C)c1. The number of hydrogen-bond donors (Lipinski definition) is 2. The van der Waals surface area contributed by atoms with Crippen molar-refractivity contribution in [2.45, 2.75) is 39.2 Å². The van der Waals surface area contributed by atoms with Crippen LogP contribution in [-0.4, -0.2) is 17.1 Å². The van der Waals surface area contributed by atoms with Gasteiger partial charge in [0.15, 0.2) is 0 Å². The summed E-state index contributed by atoms with van der Waals surface area (Å²) in [6.45, 7) is 4.07. The molecule has 1 amide bonds. The standard InChI is InChI=1S/C14H19NO2/c1-9-6-7-13(16)11(8-9)14(17)15-12-5-3-4-10(12)2/h6-8,10,12,16H,3-5H2,1-2H3,(H,15,17). The molecule has 3 heteroatoms. The van der Waals surface area contributed by atoms with Crippen molar-refractivity contribution in [1.82, 2.24) is 5.32 Å². The van der Waals surface area contributed by atoms with E-state index in [9.17, 15) is 9.90 Å². The van der Waals surface area contributed by atoms with E-state index in [0.717, 1.165) is 12.0 Å². The maximum absolute atomic E-state index is 12.0. The van der Waals surface area contributed by atoms with E-state index in [-0.39, 0.29) is 17.7 Å². The monoisotopic (exact) mass is 233 g/mol. The second kappa shape index (κ2) is 4.78. The number of aromatic hydroxyl groups is 1. The number of benzene rings is 1. The van der Waals surface area contributed by atoms with Gasteiger partial charge < -0.3 is 10.4 Å². The maximum Gasteiger partial charge on any atom is 0.255 e. The van der Waals surface area contributed by atoms with Gasteiger partial charge in [0.2, 0.25) is 0 Å². The van der Waals surface area contributed by atoms with Gasteiger partial charge in [-0.15, -0.1) is 0 Å². The van der Waals surface area contributed by atoms with E-state index in [4.69, 9.17) is 0 Å². The van der Waals surface area contributed by atoms with Crippen LogP contribution >= 0.6 is 0 Å². The number of rotatable bonds is 2. The molecule has 1 aromatic rings. The van der Waals surface area contributed by atoms with Crippen LogP contribution in [0.25, 0.3) is 0 Å². The summed E-state index contributed by atoms with van der Waals surface area (Å²) in [7, 11) is 0. The number of phenolic OH excluding ortho intramolecular Hbond substituents is 1. The summed E-state index contributed by atoms with van der Waals surface area (Å²) in [5.41, 5.74) is 1.36. The lowest BCUT2D eigenvalue weighted by Crippen LogP contribution is -2.36. The summed E-state index contributed by atoms with van der Waals surface area (Å²) >= 11 is 0. The normalized spacial score (nSPS) is 23.6. The summed E-state index contributed by atoms with van der Waals surface area (Å²) in [5.74, 6) is 0.426. The lowest BCUT2D eigenvalue weighted by molar-refractivity contribution is 0.0927. The molecule has 17 heavy (non-hydrogen) atoms. The molecule has 1 aliphatic carbocycles. The fourth-order valence-corrected chi connectivity index (χ4v) is 2.44. The van der Waals surface area contributed by atoms with Gasteiger partial charge in [-0.3, -0.25) is 4.79 Å². The topological polar surface area (TPSA) is 49.3 Å². The van der Waals surface area contributed by atoms with E-state index >= 15 is 0 Å². The number of carbonyl (C=O) groups is 1. The lowest BCUT2D eigenvalue weighted by atomic mass is 10.0. The Kier molecular flexibility index (Phi) is 3.36. The quantitative estimate of drug-likeness (QED) is 0.825. The highest BCUT2D eigenvalue weighted by atomic mass is 16.3. The molecule has 1 aromatic carbocycles. The van der Waals surface area contributed by atoms with E-state index < -0.39 is 0 Å². The predicted molar refractivity (Wildman–Crippen MR) is 67.1 cm³/mol. The summed E-state index contributed by atoms with van der Waals surface area (Å²) in [6.07, 6.45) is 3.39. The molecule has 1 fully saturated rings. The largest absolute Gasteiger partial charge is 0.507 e. The Balaban J connectivity index is 2.11. The number of nitrogens with one attached hydrogen (secondary N) is 1. The molecule has 3 nitrogen and oxygen atoms in total. The van der Waals surface area contributed by atoms with Crippen molar-refractivity contribution in [3.05, 3.63) is 29.3 Å². The van der Waals surface area contributed by atoms with Gasteiger partial charge in [-0.25, -0.2) is 0 Å². The van der Waals surface area contributed by atoms with E-state index in [2.05, 4.69) is 12.2 Å². The van der Waals surface area contributed by atoms with Crippen molar-refractivity contribution in [2.24, 2.45) is 5.92 Å². The fraction of sp³-hybridized carbons (Fsp3) is 0.500. The highest BCUT2D eigenvalue weighted by Crippen LogP contribution is 2.26. The second-order valence-corrected chi connectivity index (χ2v) is 5.01. The van der Waals surface area contributed by atoms with Gasteiger partial charge in [0.1, 0.15) is 5.75 Å². The summed E-state index contributed by atoms with van der Waals surface area (Å²) < 4.78 is 0. The smallest absolute Gasteiger partial charge is 0.255 e. The Morgan fingerprint density at radius 1 is 1.41 bits per heavy atom. The first-order chi connectivity index (χ1) is 8.08. The number of amides is 1. The third-order valence-corrected chi connectivity index (χ3v) is 3.57. The molecule has 0 radical (unpaired) electrons. The van der Waals surface area contributed by atoms with Crippen LogP contribution in [0, 0.1) is 12.8 Å². The number of aryl methyl sites for hydroxylation is 1. The number of carbonyl (C=O) groups excluding carboxylic acids is 1. The minimum absolute atomic E-state index is 0.0544. The van der Waals surface area contributed by atoms with Crippen molar-refractivity contribution in [3.63, 3.8) is 0 Å². The van der Waals surface area contributed by atoms with Crippen LogP contribution in [0.3, 0.4) is 0 Å². The molecule has 2 unspecified atom stereocenters. The van der Waals surface area contributed by atoms with Crippen molar-refractivity contribution in [2.75, 3.05) is 0 Å². The molecule has 92 valence electrons. The Morgan fingerprint density at radius 3 is 2.82 bits per heavy atom. The first-order valence-corrected chi connectivity index (χ1v) is 6.18. The van der Waals surface area contributed by atoms with E-state index in [1.54, 1.807) is 18.2 Å². The van der Waals surface area contributed by atoms with Crippen LogP contribution in [0.15, 0.2) is 18.2 Å². The summed E-state index contributed by atoms with van der Waals surface area (Å²) in [5, 5.41) is 12.7. The average molecular weight is 233 g/mol. The van der Waals surface area contributed by atoms with E-state index in [1.807, 2.05) is 6.92 Å². The number of hydrogen-bond acceptors (Lipinski definition) is 2. The van der Waals surface area contributed by atoms with Crippen molar-refractivity contribution < 1.29 is 9.90 Å². The molecule has 2 rings (SSSR count). The zero-order valence-electron chi connectivity index (χ0n) is 10.4. The minimum atomic E-state index is -0.162. The zero-order valence-corrected chi connectivity index (χ0v) is 10.4. The van der Waals surface area contributed by atoms with Crippen LogP contribution in [0.5, 0.6) is 5.75 Å². The van der Waals surface area contributed by atoms with Crippen LogP contribution in [-0.2, 0) is 0 Å². The zero-order chi connectivity index (χ0) is 12.4. The molecule has 0 spiro atoms. The molecule has 2 N–H and O–H groups in total. The van der Waals surface area contributed by atoms with Gasteiger partial charge in [0, 0.05) is 6.04 Å². The van der Waals surface area contributed by atoms with E-state index in [1.165, 1.54) is 12.8 Å². The highest BCUT2D eigenvalue weighted by molar-refractivity contribution is 5.97. The molecule has 0 aliphatic heterocycles. The van der Waals surface area contributed by atoms with Gasteiger partial charge in [-0.2, -0.15) is 0 Å². The van der Waals surface area contributed by atoms with Crippen molar-refractivity contribution in [3.8, 4) is 5.75 Å². The third kappa shape index (κ3) is 2.60. The maximum atomic E-state index is 12.0. The molecule has 0 heterocycles. The molecular formula is C14H19NO2. The van der Waals surface area contributed by atoms with Gasteiger partial charge in [-0.1, -0.05) is 25.0 Å². The van der Waals surface area contributed by atoms with Crippen molar-refractivity contribution in [1.29, 1.82) is 0 Å². The van der Waals surface area contributed by atoms with Crippen LogP contribution < -0.4 is 5.32 Å². The third-order valence-electron chi connectivity index (χ3n) is 3.57. The first-order valence-electron chi connectivity index (χ1n) is 6.18. The first kappa shape index (κ1) is 12.0. The Hall–Kier alpha value is -1.51. The summed E-state index contributed by atoms with van der Waals surface area (Å²) in [4.78, 5) is 12.0. The molecule has 1 saturated carbocycles.